The Morgan fingerprint density at radius 2 is 2.16 bits per heavy atom. The lowest BCUT2D eigenvalue weighted by atomic mass is 10.1. The van der Waals surface area contributed by atoms with Crippen LogP contribution in [0.3, 0.4) is 0 Å². The highest BCUT2D eigenvalue weighted by atomic mass is 16.2. The molecule has 1 saturated carbocycles. The van der Waals surface area contributed by atoms with Crippen molar-refractivity contribution in [3.63, 3.8) is 0 Å². The van der Waals surface area contributed by atoms with Gasteiger partial charge in [-0.15, -0.1) is 0 Å². The smallest absolute Gasteiger partial charge is 0.344 e. The fourth-order valence-corrected chi connectivity index (χ4v) is 1.84. The summed E-state index contributed by atoms with van der Waals surface area (Å²) in [5.74, 6) is -0.0540. The molecule has 0 saturated heterocycles. The molecule has 2 aromatic rings. The van der Waals surface area contributed by atoms with Crippen LogP contribution in [0.4, 0.5) is 0 Å². The lowest BCUT2D eigenvalue weighted by Gasteiger charge is -2.05. The molecule has 1 aliphatic carbocycles. The van der Waals surface area contributed by atoms with E-state index >= 15 is 0 Å². The van der Waals surface area contributed by atoms with Gasteiger partial charge in [0, 0.05) is 29.6 Å². The third kappa shape index (κ3) is 2.70. The van der Waals surface area contributed by atoms with Gasteiger partial charge in [0.25, 0.3) is 5.91 Å². The highest BCUT2D eigenvalue weighted by molar-refractivity contribution is 5.95. The Morgan fingerprint density at radius 1 is 1.32 bits per heavy atom. The first kappa shape index (κ1) is 11.6. The second kappa shape index (κ2) is 4.68. The average Bonchev–Trinajstić information content (AvgIpc) is 3.24. The minimum Gasteiger partial charge on any atom is -0.349 e. The van der Waals surface area contributed by atoms with Crippen LogP contribution in [0.25, 0.3) is 11.1 Å². The molecule has 0 bridgehead atoms. The predicted molar refractivity (Wildman–Crippen MR) is 70.8 cm³/mol. The highest BCUT2D eigenvalue weighted by Crippen LogP contribution is 2.21. The van der Waals surface area contributed by atoms with E-state index in [9.17, 15) is 9.59 Å². The molecule has 1 aromatic heterocycles. The molecule has 19 heavy (non-hydrogen) atoms. The molecular formula is C14H13N3O2. The summed E-state index contributed by atoms with van der Waals surface area (Å²) in [6.45, 7) is 0. The first-order valence-corrected chi connectivity index (χ1v) is 6.18. The van der Waals surface area contributed by atoms with Crippen LogP contribution in [-0.4, -0.2) is 21.9 Å². The van der Waals surface area contributed by atoms with Crippen LogP contribution in [0.2, 0.25) is 0 Å². The molecule has 0 radical (unpaired) electrons. The number of amides is 1. The molecule has 1 fully saturated rings. The van der Waals surface area contributed by atoms with E-state index in [0.29, 0.717) is 11.6 Å². The van der Waals surface area contributed by atoms with E-state index in [2.05, 4.69) is 15.3 Å². The van der Waals surface area contributed by atoms with E-state index in [1.54, 1.807) is 18.3 Å². The summed E-state index contributed by atoms with van der Waals surface area (Å²) in [7, 11) is 0. The summed E-state index contributed by atoms with van der Waals surface area (Å²) in [4.78, 5) is 29.1. The van der Waals surface area contributed by atoms with Crippen molar-refractivity contribution in [2.75, 3.05) is 0 Å². The molecular weight excluding hydrogens is 242 g/mol. The van der Waals surface area contributed by atoms with Gasteiger partial charge in [0.1, 0.15) is 0 Å². The monoisotopic (exact) mass is 255 g/mol. The van der Waals surface area contributed by atoms with Crippen molar-refractivity contribution in [2.45, 2.75) is 18.9 Å². The van der Waals surface area contributed by atoms with Gasteiger partial charge in [0.15, 0.2) is 0 Å². The second-order valence-electron chi connectivity index (χ2n) is 4.64. The van der Waals surface area contributed by atoms with E-state index in [-0.39, 0.29) is 11.6 Å². The summed E-state index contributed by atoms with van der Waals surface area (Å²) in [5.41, 5.74) is 1.87. The van der Waals surface area contributed by atoms with Gasteiger partial charge in [-0.25, -0.2) is 9.78 Å². The number of rotatable bonds is 3. The Hall–Kier alpha value is -2.43. The van der Waals surface area contributed by atoms with Crippen molar-refractivity contribution in [3.8, 4) is 11.1 Å². The van der Waals surface area contributed by atoms with Crippen LogP contribution < -0.4 is 11.0 Å². The topological polar surface area (TPSA) is 74.8 Å². The zero-order chi connectivity index (χ0) is 13.2. The lowest BCUT2D eigenvalue weighted by Crippen LogP contribution is -2.25. The van der Waals surface area contributed by atoms with E-state index in [0.717, 1.165) is 24.0 Å². The van der Waals surface area contributed by atoms with E-state index in [1.807, 2.05) is 12.1 Å². The van der Waals surface area contributed by atoms with Gasteiger partial charge < -0.3 is 10.3 Å². The number of aromatic nitrogens is 2. The van der Waals surface area contributed by atoms with Gasteiger partial charge in [-0.3, -0.25) is 4.79 Å². The van der Waals surface area contributed by atoms with E-state index < -0.39 is 0 Å². The maximum Gasteiger partial charge on any atom is 0.344 e. The van der Waals surface area contributed by atoms with Crippen molar-refractivity contribution >= 4 is 5.91 Å². The van der Waals surface area contributed by atoms with Crippen molar-refractivity contribution in [1.82, 2.24) is 15.3 Å². The molecule has 0 spiro atoms. The Labute approximate surface area is 109 Å². The first-order chi connectivity index (χ1) is 9.22. The molecule has 5 heteroatoms. The van der Waals surface area contributed by atoms with Crippen LogP contribution >= 0.6 is 0 Å². The second-order valence-corrected chi connectivity index (χ2v) is 4.64. The Morgan fingerprint density at radius 3 is 2.84 bits per heavy atom. The summed E-state index contributed by atoms with van der Waals surface area (Å²) >= 11 is 0. The number of hydrogen-bond acceptors (Lipinski definition) is 3. The summed E-state index contributed by atoms with van der Waals surface area (Å²) in [5, 5.41) is 2.95. The van der Waals surface area contributed by atoms with Gasteiger partial charge >= 0.3 is 5.69 Å². The average molecular weight is 255 g/mol. The third-order valence-corrected chi connectivity index (χ3v) is 3.04. The largest absolute Gasteiger partial charge is 0.349 e. The fourth-order valence-electron chi connectivity index (χ4n) is 1.84. The number of hydrogen-bond donors (Lipinski definition) is 2. The number of aromatic amines is 1. The molecule has 1 amide bonds. The normalized spacial score (nSPS) is 14.1. The minimum absolute atomic E-state index is 0.0540. The van der Waals surface area contributed by atoms with Gasteiger partial charge in [0.2, 0.25) is 0 Å². The number of H-pyrrole nitrogens is 1. The van der Waals surface area contributed by atoms with Crippen LogP contribution in [0.1, 0.15) is 23.2 Å². The summed E-state index contributed by atoms with van der Waals surface area (Å²) in [6.07, 6.45) is 5.22. The molecule has 1 aromatic carbocycles. The third-order valence-electron chi connectivity index (χ3n) is 3.04. The number of benzene rings is 1. The van der Waals surface area contributed by atoms with Crippen LogP contribution in [0.5, 0.6) is 0 Å². The molecule has 3 rings (SSSR count). The summed E-state index contributed by atoms with van der Waals surface area (Å²) < 4.78 is 0. The highest BCUT2D eigenvalue weighted by Gasteiger charge is 2.23. The number of carbonyl (C=O) groups excluding carboxylic acids is 1. The Kier molecular flexibility index (Phi) is 2.87. The maximum absolute atomic E-state index is 11.9. The zero-order valence-electron chi connectivity index (χ0n) is 10.2. The van der Waals surface area contributed by atoms with Crippen LogP contribution in [0, 0.1) is 0 Å². The lowest BCUT2D eigenvalue weighted by molar-refractivity contribution is 0.0951. The maximum atomic E-state index is 11.9. The molecule has 0 atom stereocenters. The number of nitrogens with zero attached hydrogens (tertiary/aromatic N) is 1. The standard InChI is InChI=1S/C14H13N3O2/c18-13(17-12-4-5-12)10-3-1-2-9(6-10)11-7-15-14(19)16-8-11/h1-3,6-8,12H,4-5H2,(H,17,18)(H,15,16,19). The molecule has 1 heterocycles. The molecule has 0 aliphatic heterocycles. The van der Waals surface area contributed by atoms with Crippen molar-refractivity contribution in [2.24, 2.45) is 0 Å². The number of nitrogens with one attached hydrogen (secondary N) is 2. The Balaban J connectivity index is 1.88. The fraction of sp³-hybridized carbons (Fsp3) is 0.214. The van der Waals surface area contributed by atoms with Crippen LogP contribution in [-0.2, 0) is 0 Å². The molecule has 5 nitrogen and oxygen atoms in total. The zero-order valence-corrected chi connectivity index (χ0v) is 10.2. The Bertz CT molecular complexity index is 654. The number of carbonyl (C=O) groups is 1. The van der Waals surface area contributed by atoms with E-state index in [1.165, 1.54) is 6.20 Å². The van der Waals surface area contributed by atoms with Crippen molar-refractivity contribution in [3.05, 3.63) is 52.7 Å². The molecule has 96 valence electrons. The first-order valence-electron chi connectivity index (χ1n) is 6.18. The van der Waals surface area contributed by atoms with Crippen molar-refractivity contribution in [1.29, 1.82) is 0 Å². The van der Waals surface area contributed by atoms with Gasteiger partial charge in [-0.05, 0) is 30.5 Å². The van der Waals surface area contributed by atoms with Crippen molar-refractivity contribution < 1.29 is 4.79 Å². The van der Waals surface area contributed by atoms with Crippen LogP contribution in [0.15, 0.2) is 41.5 Å². The van der Waals surface area contributed by atoms with Gasteiger partial charge in [-0.2, -0.15) is 0 Å². The predicted octanol–water partition coefficient (Wildman–Crippen LogP) is 1.33. The van der Waals surface area contributed by atoms with E-state index in [4.69, 9.17) is 0 Å². The molecule has 2 N–H and O–H groups in total. The molecule has 1 aliphatic rings. The minimum atomic E-state index is -0.383. The molecule has 0 unspecified atom stereocenters. The van der Waals surface area contributed by atoms with Gasteiger partial charge in [0.05, 0.1) is 0 Å². The quantitative estimate of drug-likeness (QED) is 0.868. The summed E-state index contributed by atoms with van der Waals surface area (Å²) in [6, 6.07) is 7.62. The van der Waals surface area contributed by atoms with Gasteiger partial charge in [-0.1, -0.05) is 12.1 Å². The SMILES string of the molecule is O=C(NC1CC1)c1cccc(-c2cnc(=O)[nH]c2)c1.